The Morgan fingerprint density at radius 3 is 2.44 bits per heavy atom. The number of carbonyl (C=O) groups is 1. The van der Waals surface area contributed by atoms with Crippen LogP contribution in [0.1, 0.15) is 49.5 Å². The third-order valence-electron chi connectivity index (χ3n) is 3.50. The summed E-state index contributed by atoms with van der Waals surface area (Å²) in [7, 11) is 0. The number of carbonyl (C=O) groups excluding carboxylic acids is 1. The van der Waals surface area contributed by atoms with E-state index in [0.717, 1.165) is 12.8 Å². The van der Waals surface area contributed by atoms with Crippen molar-refractivity contribution < 1.29 is 9.18 Å². The molecule has 0 atom stereocenters. The highest BCUT2D eigenvalue weighted by atomic mass is 19.1. The number of nitrogens with one attached hydrogen (secondary N) is 1. The van der Waals surface area contributed by atoms with Crippen LogP contribution in [0.5, 0.6) is 0 Å². The van der Waals surface area contributed by atoms with E-state index in [2.05, 4.69) is 5.32 Å². The second kappa shape index (κ2) is 5.38. The van der Waals surface area contributed by atoms with Gasteiger partial charge >= 0.3 is 0 Å². The molecule has 0 aliphatic rings. The Morgan fingerprint density at radius 2 is 1.94 bits per heavy atom. The summed E-state index contributed by atoms with van der Waals surface area (Å²) < 4.78 is 13.9. The first-order valence-electron chi connectivity index (χ1n) is 6.21. The van der Waals surface area contributed by atoms with E-state index >= 15 is 0 Å². The maximum Gasteiger partial charge on any atom is 0.254 e. The normalized spacial score (nSPS) is 11.4. The molecule has 100 valence electrons. The van der Waals surface area contributed by atoms with Gasteiger partial charge in [0.25, 0.3) is 5.91 Å². The Bertz CT molecular complexity index is 453. The van der Waals surface area contributed by atoms with Gasteiger partial charge in [0.05, 0.1) is 5.56 Å². The second-order valence-electron chi connectivity index (χ2n) is 4.92. The molecule has 0 bridgehead atoms. The molecule has 1 rings (SSSR count). The number of halogens is 1. The molecule has 0 saturated heterocycles. The molecule has 0 spiro atoms. The van der Waals surface area contributed by atoms with E-state index < -0.39 is 11.7 Å². The number of anilines is 1. The first kappa shape index (κ1) is 14.5. The Labute approximate surface area is 108 Å². The van der Waals surface area contributed by atoms with E-state index in [9.17, 15) is 9.18 Å². The van der Waals surface area contributed by atoms with Crippen LogP contribution in [0.25, 0.3) is 0 Å². The standard InChI is InChI=1S/C14H21FN2O/c1-5-14(4,6-2)17-13(18)11-8-10(16)7-9(3)12(11)15/h7-8H,5-6,16H2,1-4H3,(H,17,18). The third kappa shape index (κ3) is 3.00. The molecule has 3 nitrogen and oxygen atoms in total. The van der Waals surface area contributed by atoms with Crippen molar-refractivity contribution in [2.24, 2.45) is 0 Å². The molecule has 1 aromatic rings. The predicted molar refractivity (Wildman–Crippen MR) is 72.0 cm³/mol. The zero-order chi connectivity index (χ0) is 13.9. The summed E-state index contributed by atoms with van der Waals surface area (Å²) in [6.07, 6.45) is 1.58. The van der Waals surface area contributed by atoms with E-state index in [-0.39, 0.29) is 11.1 Å². The van der Waals surface area contributed by atoms with Crippen LogP contribution >= 0.6 is 0 Å². The van der Waals surface area contributed by atoms with Crippen LogP contribution < -0.4 is 11.1 Å². The highest BCUT2D eigenvalue weighted by Crippen LogP contribution is 2.20. The van der Waals surface area contributed by atoms with Crippen LogP contribution in [-0.4, -0.2) is 11.4 Å². The van der Waals surface area contributed by atoms with Gasteiger partial charge < -0.3 is 11.1 Å². The molecular formula is C14H21FN2O. The molecule has 0 unspecified atom stereocenters. The maximum absolute atomic E-state index is 13.9. The first-order valence-corrected chi connectivity index (χ1v) is 6.21. The smallest absolute Gasteiger partial charge is 0.254 e. The van der Waals surface area contributed by atoms with Crippen LogP contribution in [0.15, 0.2) is 12.1 Å². The van der Waals surface area contributed by atoms with Gasteiger partial charge in [-0.25, -0.2) is 4.39 Å². The number of hydrogen-bond acceptors (Lipinski definition) is 2. The van der Waals surface area contributed by atoms with E-state index in [1.54, 1.807) is 6.92 Å². The highest BCUT2D eigenvalue weighted by molar-refractivity contribution is 5.96. The lowest BCUT2D eigenvalue weighted by Crippen LogP contribution is -2.45. The molecule has 0 heterocycles. The number of nitrogens with two attached hydrogens (primary N) is 1. The molecular weight excluding hydrogens is 231 g/mol. The van der Waals surface area contributed by atoms with Gasteiger partial charge in [0.2, 0.25) is 0 Å². The molecule has 4 heteroatoms. The van der Waals surface area contributed by atoms with E-state index in [1.165, 1.54) is 12.1 Å². The lowest BCUT2D eigenvalue weighted by molar-refractivity contribution is 0.0896. The van der Waals surface area contributed by atoms with Crippen LogP contribution in [-0.2, 0) is 0 Å². The maximum atomic E-state index is 13.9. The van der Waals surface area contributed by atoms with Gasteiger partial charge in [-0.05, 0) is 44.4 Å². The van der Waals surface area contributed by atoms with Gasteiger partial charge in [-0.3, -0.25) is 4.79 Å². The number of rotatable bonds is 4. The average Bonchev–Trinajstić information content (AvgIpc) is 2.33. The molecule has 1 amide bonds. The first-order chi connectivity index (χ1) is 8.33. The lowest BCUT2D eigenvalue weighted by Gasteiger charge is -2.28. The van der Waals surface area contributed by atoms with Crippen LogP contribution in [0.4, 0.5) is 10.1 Å². The Morgan fingerprint density at radius 1 is 1.39 bits per heavy atom. The van der Waals surface area contributed by atoms with Crippen LogP contribution in [0, 0.1) is 12.7 Å². The zero-order valence-corrected chi connectivity index (χ0v) is 11.4. The molecule has 0 aliphatic carbocycles. The predicted octanol–water partition coefficient (Wildman–Crippen LogP) is 3.02. The zero-order valence-electron chi connectivity index (χ0n) is 11.4. The van der Waals surface area contributed by atoms with Gasteiger partial charge in [0.15, 0.2) is 0 Å². The van der Waals surface area contributed by atoms with Crippen molar-refractivity contribution in [2.45, 2.75) is 46.1 Å². The van der Waals surface area contributed by atoms with E-state index in [0.29, 0.717) is 11.3 Å². The third-order valence-corrected chi connectivity index (χ3v) is 3.50. The van der Waals surface area contributed by atoms with Gasteiger partial charge in [0.1, 0.15) is 5.82 Å². The monoisotopic (exact) mass is 252 g/mol. The molecule has 0 aromatic heterocycles. The largest absolute Gasteiger partial charge is 0.399 e. The summed E-state index contributed by atoms with van der Waals surface area (Å²) in [5.74, 6) is -0.912. The van der Waals surface area contributed by atoms with Gasteiger partial charge in [-0.2, -0.15) is 0 Å². The SMILES string of the molecule is CCC(C)(CC)NC(=O)c1cc(N)cc(C)c1F. The summed E-state index contributed by atoms with van der Waals surface area (Å²) in [5.41, 5.74) is 6.13. The lowest BCUT2D eigenvalue weighted by atomic mass is 9.95. The van der Waals surface area contributed by atoms with Crippen molar-refractivity contribution in [3.63, 3.8) is 0 Å². The summed E-state index contributed by atoms with van der Waals surface area (Å²) in [4.78, 5) is 12.1. The molecule has 18 heavy (non-hydrogen) atoms. The minimum absolute atomic E-state index is 0.0145. The summed E-state index contributed by atoms with van der Waals surface area (Å²) in [5, 5.41) is 2.87. The van der Waals surface area contributed by atoms with E-state index in [1.807, 2.05) is 20.8 Å². The topological polar surface area (TPSA) is 55.1 Å². The minimum atomic E-state index is -0.503. The van der Waals surface area contributed by atoms with Crippen LogP contribution in [0.2, 0.25) is 0 Å². The molecule has 0 saturated carbocycles. The van der Waals surface area contributed by atoms with Gasteiger partial charge in [-0.15, -0.1) is 0 Å². The number of hydrogen-bond donors (Lipinski definition) is 2. The molecule has 0 aliphatic heterocycles. The van der Waals surface area contributed by atoms with Crippen molar-refractivity contribution in [1.29, 1.82) is 0 Å². The fraction of sp³-hybridized carbons (Fsp3) is 0.500. The average molecular weight is 252 g/mol. The van der Waals surface area contributed by atoms with Crippen molar-refractivity contribution in [3.05, 3.63) is 29.1 Å². The Kier molecular flexibility index (Phi) is 4.33. The van der Waals surface area contributed by atoms with Crippen molar-refractivity contribution in [1.82, 2.24) is 5.32 Å². The van der Waals surface area contributed by atoms with Gasteiger partial charge in [0, 0.05) is 11.2 Å². The highest BCUT2D eigenvalue weighted by Gasteiger charge is 2.24. The van der Waals surface area contributed by atoms with Gasteiger partial charge in [-0.1, -0.05) is 13.8 Å². The van der Waals surface area contributed by atoms with Crippen molar-refractivity contribution >= 4 is 11.6 Å². The summed E-state index contributed by atoms with van der Waals surface area (Å²) in [6.45, 7) is 7.53. The fourth-order valence-electron chi connectivity index (χ4n) is 1.73. The second-order valence-corrected chi connectivity index (χ2v) is 4.92. The van der Waals surface area contributed by atoms with Crippen molar-refractivity contribution in [3.8, 4) is 0 Å². The van der Waals surface area contributed by atoms with Crippen molar-refractivity contribution in [2.75, 3.05) is 5.73 Å². The van der Waals surface area contributed by atoms with E-state index in [4.69, 9.17) is 5.73 Å². The summed E-state index contributed by atoms with van der Waals surface area (Å²) in [6, 6.07) is 2.90. The molecule has 0 radical (unpaired) electrons. The van der Waals surface area contributed by atoms with Crippen LogP contribution in [0.3, 0.4) is 0 Å². The quantitative estimate of drug-likeness (QED) is 0.809. The number of aryl methyl sites for hydroxylation is 1. The summed E-state index contributed by atoms with van der Waals surface area (Å²) >= 11 is 0. The number of amides is 1. The molecule has 3 N–H and O–H groups in total. The Balaban J connectivity index is 3.05. The molecule has 0 fully saturated rings. The molecule has 1 aromatic carbocycles. The number of benzene rings is 1. The number of nitrogen functional groups attached to an aromatic ring is 1. The fourth-order valence-corrected chi connectivity index (χ4v) is 1.73. The Hall–Kier alpha value is -1.58. The minimum Gasteiger partial charge on any atom is -0.399 e.